The summed E-state index contributed by atoms with van der Waals surface area (Å²) in [4.78, 5) is 20.7. The Bertz CT molecular complexity index is 430. The van der Waals surface area contributed by atoms with E-state index in [9.17, 15) is 9.59 Å². The summed E-state index contributed by atoms with van der Waals surface area (Å²) in [6, 6.07) is 5.02. The fourth-order valence-electron chi connectivity index (χ4n) is 0.884. The number of benzene rings is 1. The van der Waals surface area contributed by atoms with E-state index in [0.717, 1.165) is 0 Å². The quantitative estimate of drug-likeness (QED) is 0.682. The minimum absolute atomic E-state index is 0.0833. The number of carboxylic acid groups (broad SMARTS) is 2. The number of aromatic amines is 1. The predicted octanol–water partition coefficient (Wildman–Crippen LogP) is 0.283. The minimum Gasteiger partial charge on any atom is -0.478 e. The molecule has 0 fully saturated rings. The first-order valence-electron chi connectivity index (χ1n) is 4.34. The van der Waals surface area contributed by atoms with Crippen LogP contribution in [-0.2, 0) is 0 Å². The van der Waals surface area contributed by atoms with Crippen LogP contribution in [0.1, 0.15) is 20.7 Å². The molecule has 0 amide bonds. The molecule has 0 bridgehead atoms. The molecule has 0 radical (unpaired) electrons. The molecular formula is C9H8N4O4. The van der Waals surface area contributed by atoms with Gasteiger partial charge in [-0.2, -0.15) is 5.21 Å². The number of hydrogen-bond donors (Lipinski definition) is 3. The van der Waals surface area contributed by atoms with Crippen molar-refractivity contribution >= 4 is 11.9 Å². The summed E-state index contributed by atoms with van der Waals surface area (Å²) < 4.78 is 0. The van der Waals surface area contributed by atoms with E-state index < -0.39 is 11.9 Å². The lowest BCUT2D eigenvalue weighted by Gasteiger charge is -1.94. The summed E-state index contributed by atoms with van der Waals surface area (Å²) >= 11 is 0. The monoisotopic (exact) mass is 236 g/mol. The van der Waals surface area contributed by atoms with Crippen LogP contribution in [0.4, 0.5) is 0 Å². The van der Waals surface area contributed by atoms with Crippen LogP contribution in [0.3, 0.4) is 0 Å². The summed E-state index contributed by atoms with van der Waals surface area (Å²) in [6.07, 6.45) is 1.33. The Kier molecular flexibility index (Phi) is 4.31. The van der Waals surface area contributed by atoms with Gasteiger partial charge in [-0.3, -0.25) is 0 Å². The molecule has 17 heavy (non-hydrogen) atoms. The first-order chi connectivity index (χ1) is 8.11. The van der Waals surface area contributed by atoms with Gasteiger partial charge < -0.3 is 10.2 Å². The zero-order valence-electron chi connectivity index (χ0n) is 8.44. The van der Waals surface area contributed by atoms with Crippen molar-refractivity contribution in [2.24, 2.45) is 0 Å². The third-order valence-corrected chi connectivity index (χ3v) is 1.65. The lowest BCUT2D eigenvalue weighted by molar-refractivity contribution is 0.0681. The van der Waals surface area contributed by atoms with E-state index in [1.165, 1.54) is 30.6 Å². The second kappa shape index (κ2) is 5.95. The number of tetrazole rings is 1. The topological polar surface area (TPSA) is 129 Å². The Morgan fingerprint density at radius 1 is 1.00 bits per heavy atom. The number of carbonyl (C=O) groups is 2. The largest absolute Gasteiger partial charge is 0.478 e. The van der Waals surface area contributed by atoms with Gasteiger partial charge in [-0.15, -0.1) is 10.2 Å². The van der Waals surface area contributed by atoms with Gasteiger partial charge in [0, 0.05) is 0 Å². The molecule has 1 aromatic heterocycles. The van der Waals surface area contributed by atoms with Crippen LogP contribution in [0.25, 0.3) is 0 Å². The van der Waals surface area contributed by atoms with Gasteiger partial charge in [0.1, 0.15) is 0 Å². The molecule has 8 heteroatoms. The maximum absolute atomic E-state index is 10.3. The molecule has 2 rings (SSSR count). The number of H-pyrrole nitrogens is 1. The second-order valence-corrected chi connectivity index (χ2v) is 2.75. The van der Waals surface area contributed by atoms with Crippen molar-refractivity contribution in [3.8, 4) is 0 Å². The number of hydrogen-bond acceptors (Lipinski definition) is 5. The average Bonchev–Trinajstić information content (AvgIpc) is 2.87. The third kappa shape index (κ3) is 4.08. The fourth-order valence-corrected chi connectivity index (χ4v) is 0.884. The van der Waals surface area contributed by atoms with Crippen LogP contribution >= 0.6 is 0 Å². The van der Waals surface area contributed by atoms with Gasteiger partial charge in [0.15, 0.2) is 6.33 Å². The predicted molar refractivity (Wildman–Crippen MR) is 54.5 cm³/mol. The van der Waals surface area contributed by atoms with Gasteiger partial charge in [0.2, 0.25) is 0 Å². The van der Waals surface area contributed by atoms with E-state index in [0.29, 0.717) is 0 Å². The highest BCUT2D eigenvalue weighted by atomic mass is 16.4. The zero-order valence-corrected chi connectivity index (χ0v) is 8.44. The zero-order chi connectivity index (χ0) is 12.7. The molecule has 0 aliphatic carbocycles. The molecule has 88 valence electrons. The molecule has 8 nitrogen and oxygen atoms in total. The maximum atomic E-state index is 10.3. The van der Waals surface area contributed by atoms with Gasteiger partial charge in [-0.05, 0) is 24.3 Å². The van der Waals surface area contributed by atoms with Gasteiger partial charge >= 0.3 is 11.9 Å². The van der Waals surface area contributed by atoms with E-state index >= 15 is 0 Å². The number of rotatable bonds is 2. The normalized spacial score (nSPS) is 8.94. The fraction of sp³-hybridized carbons (Fsp3) is 0. The summed E-state index contributed by atoms with van der Waals surface area (Å²) in [7, 11) is 0. The van der Waals surface area contributed by atoms with E-state index in [2.05, 4.69) is 20.6 Å². The van der Waals surface area contributed by atoms with Crippen molar-refractivity contribution in [1.29, 1.82) is 0 Å². The Balaban J connectivity index is 0.000000239. The Hall–Kier alpha value is -2.77. The highest BCUT2D eigenvalue weighted by molar-refractivity contribution is 5.91. The molecule has 0 unspecified atom stereocenters. The summed E-state index contributed by atoms with van der Waals surface area (Å²) in [6.45, 7) is 0. The Morgan fingerprint density at radius 2 is 1.47 bits per heavy atom. The van der Waals surface area contributed by atoms with Gasteiger partial charge in [0.25, 0.3) is 0 Å². The number of nitrogens with one attached hydrogen (secondary N) is 1. The summed E-state index contributed by atoms with van der Waals surface area (Å²) in [5, 5.41) is 29.1. The first-order valence-corrected chi connectivity index (χ1v) is 4.34. The third-order valence-electron chi connectivity index (χ3n) is 1.65. The molecule has 0 aliphatic heterocycles. The Morgan fingerprint density at radius 3 is 1.65 bits per heavy atom. The van der Waals surface area contributed by atoms with Crippen LogP contribution in [0.2, 0.25) is 0 Å². The van der Waals surface area contributed by atoms with Crippen LogP contribution < -0.4 is 0 Å². The highest BCUT2D eigenvalue weighted by Gasteiger charge is 2.04. The highest BCUT2D eigenvalue weighted by Crippen LogP contribution is 2.03. The molecule has 1 aromatic carbocycles. The molecule has 0 spiro atoms. The average molecular weight is 236 g/mol. The van der Waals surface area contributed by atoms with Crippen LogP contribution in [-0.4, -0.2) is 42.8 Å². The van der Waals surface area contributed by atoms with Crippen LogP contribution in [0, 0.1) is 0 Å². The lowest BCUT2D eigenvalue weighted by Crippen LogP contribution is -1.99. The van der Waals surface area contributed by atoms with Crippen LogP contribution in [0.5, 0.6) is 0 Å². The maximum Gasteiger partial charge on any atom is 0.335 e. The SMILES string of the molecule is O=C(O)c1ccc(C(=O)O)cc1.c1nn[nH]n1. The van der Waals surface area contributed by atoms with E-state index in [4.69, 9.17) is 10.2 Å². The molecule has 3 N–H and O–H groups in total. The van der Waals surface area contributed by atoms with Gasteiger partial charge in [-0.1, -0.05) is 5.21 Å². The summed E-state index contributed by atoms with van der Waals surface area (Å²) in [5.41, 5.74) is 0.167. The standard InChI is InChI=1S/C8H6O4.CH2N4/c9-7(10)5-1-2-6(4-3-5)8(11)12;1-2-4-5-3-1/h1-4H,(H,9,10)(H,11,12);1H,(H,2,3,4,5). The van der Waals surface area contributed by atoms with E-state index in [1.54, 1.807) is 0 Å². The lowest BCUT2D eigenvalue weighted by atomic mass is 10.1. The molecule has 1 heterocycles. The van der Waals surface area contributed by atoms with Crippen molar-refractivity contribution in [3.05, 3.63) is 41.7 Å². The van der Waals surface area contributed by atoms with Crippen molar-refractivity contribution in [2.75, 3.05) is 0 Å². The molecular weight excluding hydrogens is 228 g/mol. The van der Waals surface area contributed by atoms with Crippen molar-refractivity contribution in [2.45, 2.75) is 0 Å². The summed E-state index contributed by atoms with van der Waals surface area (Å²) in [5.74, 6) is -2.13. The van der Waals surface area contributed by atoms with Crippen molar-refractivity contribution in [3.63, 3.8) is 0 Å². The first kappa shape index (κ1) is 12.3. The van der Waals surface area contributed by atoms with E-state index in [1.807, 2.05) is 0 Å². The molecule has 0 saturated carbocycles. The number of nitrogens with zero attached hydrogens (tertiary/aromatic N) is 3. The van der Waals surface area contributed by atoms with Gasteiger partial charge in [-0.25, -0.2) is 9.59 Å². The number of aromatic nitrogens is 4. The second-order valence-electron chi connectivity index (χ2n) is 2.75. The Labute approximate surface area is 94.9 Å². The minimum atomic E-state index is -1.06. The molecule has 2 aromatic rings. The smallest absolute Gasteiger partial charge is 0.335 e. The van der Waals surface area contributed by atoms with Crippen LogP contribution in [0.15, 0.2) is 30.6 Å². The van der Waals surface area contributed by atoms with Crippen molar-refractivity contribution < 1.29 is 19.8 Å². The molecule has 0 atom stereocenters. The van der Waals surface area contributed by atoms with E-state index in [-0.39, 0.29) is 11.1 Å². The van der Waals surface area contributed by atoms with Gasteiger partial charge in [0.05, 0.1) is 11.1 Å². The number of aromatic carboxylic acids is 2. The molecule has 0 aliphatic rings. The number of carboxylic acids is 2. The molecule has 0 saturated heterocycles. The van der Waals surface area contributed by atoms with Crippen molar-refractivity contribution in [1.82, 2.24) is 20.6 Å².